The van der Waals surface area contributed by atoms with E-state index in [1.807, 2.05) is 0 Å². The first-order valence-electron chi connectivity index (χ1n) is 3.62. The molecule has 0 aliphatic rings. The van der Waals surface area contributed by atoms with Crippen molar-refractivity contribution in [3.8, 4) is 0 Å². The van der Waals surface area contributed by atoms with Crippen LogP contribution in [-0.4, -0.2) is 0 Å². The van der Waals surface area contributed by atoms with Crippen LogP contribution in [0.3, 0.4) is 0 Å². The molecule has 44 valence electrons. The van der Waals surface area contributed by atoms with E-state index in [0.29, 0.717) is 12.0 Å². The summed E-state index contributed by atoms with van der Waals surface area (Å²) in [5.74, 6) is 0. The summed E-state index contributed by atoms with van der Waals surface area (Å²) in [5, 5.41) is 0. The summed E-state index contributed by atoms with van der Waals surface area (Å²) in [7, 11) is 0. The molecule has 8 heavy (non-hydrogen) atoms. The van der Waals surface area contributed by atoms with Crippen molar-refractivity contribution in [2.75, 3.05) is 0 Å². The van der Waals surface area contributed by atoms with Gasteiger partial charge in [0.25, 0.3) is 0 Å². The molecule has 0 saturated carbocycles. The maximum absolute atomic E-state index is 6.95. The Balaban J connectivity index is 3.96. The smallest absolute Gasteiger partial charge is 0.0541 e. The Morgan fingerprint density at radius 1 is 1.62 bits per heavy atom. The van der Waals surface area contributed by atoms with E-state index in [0.717, 1.165) is 6.42 Å². The lowest BCUT2D eigenvalue weighted by Gasteiger charge is -1.91. The third kappa shape index (κ3) is 3.41. The van der Waals surface area contributed by atoms with Crippen LogP contribution >= 0.6 is 0 Å². The van der Waals surface area contributed by atoms with Gasteiger partial charge in [-0.1, -0.05) is 30.8 Å². The fourth-order valence-electron chi connectivity index (χ4n) is 0.360. The van der Waals surface area contributed by atoms with Gasteiger partial charge in [-0.2, -0.15) is 0 Å². The van der Waals surface area contributed by atoms with Gasteiger partial charge in [0.15, 0.2) is 0 Å². The molecule has 0 rings (SSSR count). The Morgan fingerprint density at radius 2 is 2.38 bits per heavy atom. The SMILES string of the molecule is [2H]C([2H])=C(C=C)CCC=C. The third-order valence-corrected chi connectivity index (χ3v) is 0.864. The van der Waals surface area contributed by atoms with Crippen molar-refractivity contribution in [1.82, 2.24) is 0 Å². The summed E-state index contributed by atoms with van der Waals surface area (Å²) in [4.78, 5) is 0. The van der Waals surface area contributed by atoms with E-state index in [1.54, 1.807) is 12.2 Å². The van der Waals surface area contributed by atoms with Gasteiger partial charge in [0.1, 0.15) is 0 Å². The molecule has 0 saturated heterocycles. The maximum atomic E-state index is 6.95. The highest BCUT2D eigenvalue weighted by Gasteiger charge is 1.81. The molecule has 0 unspecified atom stereocenters. The normalized spacial score (nSPS) is 11.0. The van der Waals surface area contributed by atoms with Crippen LogP contribution in [0.1, 0.15) is 15.6 Å². The molecule has 0 radical (unpaired) electrons. The second-order valence-electron chi connectivity index (χ2n) is 1.56. The van der Waals surface area contributed by atoms with Gasteiger partial charge in [-0.3, -0.25) is 0 Å². The van der Waals surface area contributed by atoms with Crippen LogP contribution in [0.2, 0.25) is 0 Å². The molecule has 0 amide bonds. The summed E-state index contributed by atoms with van der Waals surface area (Å²) >= 11 is 0. The zero-order valence-electron chi connectivity index (χ0n) is 6.98. The minimum absolute atomic E-state index is 0.142. The van der Waals surface area contributed by atoms with Gasteiger partial charge < -0.3 is 0 Å². The fourth-order valence-corrected chi connectivity index (χ4v) is 0.360. The minimum atomic E-state index is -0.142. The zero-order chi connectivity index (χ0) is 7.98. The first-order valence-corrected chi connectivity index (χ1v) is 2.62. The summed E-state index contributed by atoms with van der Waals surface area (Å²) in [5.41, 5.74) is 0.680. The quantitative estimate of drug-likeness (QED) is 0.385. The van der Waals surface area contributed by atoms with Crippen LogP contribution in [-0.2, 0) is 0 Å². The molecule has 0 aromatic heterocycles. The van der Waals surface area contributed by atoms with Crippen molar-refractivity contribution in [1.29, 1.82) is 0 Å². The average Bonchev–Trinajstić information content (AvgIpc) is 1.89. The van der Waals surface area contributed by atoms with Gasteiger partial charge in [-0.25, -0.2) is 0 Å². The standard InChI is InChI=1S/C8H12/c1-4-6-7-8(3)5-2/h4-5H,1-3,6-7H2/i3D2. The zero-order valence-corrected chi connectivity index (χ0v) is 4.98. The first-order chi connectivity index (χ1) is 4.72. The van der Waals surface area contributed by atoms with Crippen molar-refractivity contribution in [2.45, 2.75) is 12.8 Å². The van der Waals surface area contributed by atoms with Crippen molar-refractivity contribution >= 4 is 0 Å². The molecule has 0 heteroatoms. The Kier molecular flexibility index (Phi) is 2.26. The Hall–Kier alpha value is -0.780. The number of hydrogen-bond donors (Lipinski definition) is 0. The van der Waals surface area contributed by atoms with Crippen molar-refractivity contribution in [3.05, 3.63) is 37.4 Å². The topological polar surface area (TPSA) is 0 Å². The van der Waals surface area contributed by atoms with Gasteiger partial charge in [-0.15, -0.1) is 6.58 Å². The van der Waals surface area contributed by atoms with Gasteiger partial charge in [-0.05, 0) is 12.8 Å². The molecule has 0 atom stereocenters. The van der Waals surface area contributed by atoms with Crippen LogP contribution in [0.5, 0.6) is 0 Å². The molecule has 0 N–H and O–H groups in total. The molecule has 0 aromatic carbocycles. The van der Waals surface area contributed by atoms with Crippen molar-refractivity contribution in [2.24, 2.45) is 0 Å². The average molecular weight is 110 g/mol. The Labute approximate surface area is 54.0 Å². The highest BCUT2D eigenvalue weighted by molar-refractivity contribution is 5.10. The van der Waals surface area contributed by atoms with Crippen LogP contribution < -0.4 is 0 Å². The van der Waals surface area contributed by atoms with Gasteiger partial charge >= 0.3 is 0 Å². The van der Waals surface area contributed by atoms with E-state index < -0.39 is 0 Å². The molecule has 0 aliphatic carbocycles. The lowest BCUT2D eigenvalue weighted by molar-refractivity contribution is 1.02. The van der Waals surface area contributed by atoms with E-state index >= 15 is 0 Å². The van der Waals surface area contributed by atoms with Crippen LogP contribution in [0, 0.1) is 0 Å². The largest absolute Gasteiger partial charge is 0.103 e. The second kappa shape index (κ2) is 4.38. The third-order valence-electron chi connectivity index (χ3n) is 0.864. The Bertz CT molecular complexity index is 153. The van der Waals surface area contributed by atoms with Crippen molar-refractivity contribution in [3.63, 3.8) is 0 Å². The van der Waals surface area contributed by atoms with Gasteiger partial charge in [0, 0.05) is 0 Å². The predicted molar refractivity (Wildman–Crippen MR) is 38.8 cm³/mol. The Morgan fingerprint density at radius 3 is 2.75 bits per heavy atom. The molecule has 0 fully saturated rings. The summed E-state index contributed by atoms with van der Waals surface area (Å²) in [6.07, 6.45) is 4.84. The monoisotopic (exact) mass is 110 g/mol. The number of hydrogen-bond acceptors (Lipinski definition) is 0. The lowest BCUT2D eigenvalue weighted by Crippen LogP contribution is -1.71. The molecular weight excluding hydrogens is 96.1 g/mol. The van der Waals surface area contributed by atoms with Gasteiger partial charge in [0.05, 0.1) is 2.74 Å². The van der Waals surface area contributed by atoms with Crippen LogP contribution in [0.25, 0.3) is 0 Å². The molecule has 0 aliphatic heterocycles. The lowest BCUT2D eigenvalue weighted by atomic mass is 10.2. The first kappa shape index (κ1) is 4.13. The molecule has 0 aromatic rings. The van der Waals surface area contributed by atoms with Gasteiger partial charge in [0.2, 0.25) is 0 Å². The summed E-state index contributed by atoms with van der Waals surface area (Å²) < 4.78 is 13.9. The highest BCUT2D eigenvalue weighted by Crippen LogP contribution is 2.01. The van der Waals surface area contributed by atoms with E-state index in [9.17, 15) is 0 Å². The minimum Gasteiger partial charge on any atom is -0.103 e. The van der Waals surface area contributed by atoms with E-state index in [1.165, 1.54) is 0 Å². The molecule has 0 spiro atoms. The molecular formula is C8H12. The predicted octanol–water partition coefficient (Wildman–Crippen LogP) is 2.69. The van der Waals surface area contributed by atoms with E-state index in [2.05, 4.69) is 13.2 Å². The number of allylic oxidation sites excluding steroid dienone is 3. The van der Waals surface area contributed by atoms with Crippen molar-refractivity contribution < 1.29 is 2.74 Å². The molecule has 0 bridgehead atoms. The second-order valence-corrected chi connectivity index (χ2v) is 1.56. The highest BCUT2D eigenvalue weighted by atomic mass is 13.9. The summed E-state index contributed by atoms with van der Waals surface area (Å²) in [6, 6.07) is 0. The van der Waals surface area contributed by atoms with E-state index in [4.69, 9.17) is 2.74 Å². The molecule has 0 heterocycles. The fraction of sp³-hybridized carbons (Fsp3) is 0.250. The molecule has 0 nitrogen and oxygen atoms in total. The number of rotatable bonds is 4. The van der Waals surface area contributed by atoms with Crippen LogP contribution in [0.4, 0.5) is 0 Å². The maximum Gasteiger partial charge on any atom is 0.0541 e. The van der Waals surface area contributed by atoms with E-state index in [-0.39, 0.29) is 6.53 Å². The van der Waals surface area contributed by atoms with Crippen LogP contribution in [0.15, 0.2) is 37.4 Å². The summed E-state index contributed by atoms with van der Waals surface area (Å²) in [6.45, 7) is 6.91.